The van der Waals surface area contributed by atoms with Crippen molar-refractivity contribution in [2.75, 3.05) is 19.6 Å². The second-order valence-electron chi connectivity index (χ2n) is 8.22. The SMILES string of the molecule is CCNC(=NCc1c(CC)nn(C)c1CC)NC1CCN(Cc2ccc(Cl)cc2)CC1. The molecule has 1 aliphatic heterocycles. The minimum absolute atomic E-state index is 0.449. The maximum atomic E-state index is 6.00. The smallest absolute Gasteiger partial charge is 0.191 e. The Bertz CT molecular complexity index is 850. The van der Waals surface area contributed by atoms with E-state index in [9.17, 15) is 0 Å². The Balaban J connectivity index is 1.56. The van der Waals surface area contributed by atoms with Gasteiger partial charge in [0.05, 0.1) is 12.2 Å². The van der Waals surface area contributed by atoms with Gasteiger partial charge in [0.25, 0.3) is 0 Å². The summed E-state index contributed by atoms with van der Waals surface area (Å²) in [6, 6.07) is 8.64. The van der Waals surface area contributed by atoms with Gasteiger partial charge in [-0.15, -0.1) is 0 Å². The summed E-state index contributed by atoms with van der Waals surface area (Å²) in [7, 11) is 2.03. The van der Waals surface area contributed by atoms with Crippen molar-refractivity contribution in [1.29, 1.82) is 0 Å². The van der Waals surface area contributed by atoms with Crippen LogP contribution in [0.15, 0.2) is 29.3 Å². The molecule has 1 saturated heterocycles. The number of aliphatic imine (C=N–C) groups is 1. The molecule has 6 nitrogen and oxygen atoms in total. The first-order chi connectivity index (χ1) is 15.0. The molecule has 0 radical (unpaired) electrons. The maximum Gasteiger partial charge on any atom is 0.191 e. The second-order valence-corrected chi connectivity index (χ2v) is 8.66. The quantitative estimate of drug-likeness (QED) is 0.478. The van der Waals surface area contributed by atoms with Gasteiger partial charge >= 0.3 is 0 Å². The van der Waals surface area contributed by atoms with Crippen LogP contribution in [0.2, 0.25) is 5.02 Å². The third-order valence-corrected chi connectivity index (χ3v) is 6.27. The van der Waals surface area contributed by atoms with E-state index >= 15 is 0 Å². The molecule has 0 atom stereocenters. The van der Waals surface area contributed by atoms with Crippen molar-refractivity contribution in [3.8, 4) is 0 Å². The van der Waals surface area contributed by atoms with Gasteiger partial charge in [0.2, 0.25) is 0 Å². The molecule has 0 saturated carbocycles. The molecule has 0 spiro atoms. The van der Waals surface area contributed by atoms with Crippen LogP contribution < -0.4 is 10.6 Å². The van der Waals surface area contributed by atoms with Crippen LogP contribution >= 0.6 is 11.6 Å². The standard InChI is InChI=1S/C24H37ClN6/c1-5-22-21(23(6-2)30(4)29-22)16-27-24(26-7-3)28-20-12-14-31(15-13-20)17-18-8-10-19(25)11-9-18/h8-11,20H,5-7,12-17H2,1-4H3,(H2,26,27,28). The van der Waals surface area contributed by atoms with Gasteiger partial charge in [-0.05, 0) is 50.3 Å². The Kier molecular flexibility index (Phi) is 8.79. The summed E-state index contributed by atoms with van der Waals surface area (Å²) in [5, 5.41) is 12.6. The van der Waals surface area contributed by atoms with E-state index in [4.69, 9.17) is 16.6 Å². The van der Waals surface area contributed by atoms with Crippen LogP contribution in [0.3, 0.4) is 0 Å². The molecule has 1 aliphatic rings. The highest BCUT2D eigenvalue weighted by Gasteiger charge is 2.20. The number of benzene rings is 1. The van der Waals surface area contributed by atoms with E-state index in [0.29, 0.717) is 12.6 Å². The fourth-order valence-electron chi connectivity index (χ4n) is 4.33. The van der Waals surface area contributed by atoms with Crippen molar-refractivity contribution in [1.82, 2.24) is 25.3 Å². The maximum absolute atomic E-state index is 6.00. The van der Waals surface area contributed by atoms with Crippen LogP contribution in [-0.4, -0.2) is 46.3 Å². The number of aromatic nitrogens is 2. The first kappa shape index (κ1) is 23.6. The fraction of sp³-hybridized carbons (Fsp3) is 0.583. The van der Waals surface area contributed by atoms with Crippen LogP contribution in [0, 0.1) is 0 Å². The number of piperidine rings is 1. The average Bonchev–Trinajstić information content (AvgIpc) is 3.09. The highest BCUT2D eigenvalue weighted by atomic mass is 35.5. The number of likely N-dealkylation sites (tertiary alicyclic amines) is 1. The van der Waals surface area contributed by atoms with Gasteiger partial charge < -0.3 is 10.6 Å². The minimum atomic E-state index is 0.449. The van der Waals surface area contributed by atoms with Crippen LogP contribution in [0.25, 0.3) is 0 Å². The van der Waals surface area contributed by atoms with Gasteiger partial charge in [0.1, 0.15) is 0 Å². The summed E-state index contributed by atoms with van der Waals surface area (Å²) in [6.45, 7) is 11.1. The Hall–Kier alpha value is -2.05. The van der Waals surface area contributed by atoms with Crippen molar-refractivity contribution < 1.29 is 0 Å². The van der Waals surface area contributed by atoms with E-state index in [-0.39, 0.29) is 0 Å². The molecule has 1 fully saturated rings. The molecular formula is C24H37ClN6. The number of hydrogen-bond donors (Lipinski definition) is 2. The van der Waals surface area contributed by atoms with Crippen LogP contribution in [0.5, 0.6) is 0 Å². The number of aryl methyl sites for hydroxylation is 2. The predicted octanol–water partition coefficient (Wildman–Crippen LogP) is 3.92. The average molecular weight is 445 g/mol. The largest absolute Gasteiger partial charge is 0.357 e. The van der Waals surface area contributed by atoms with E-state index in [0.717, 1.165) is 68.5 Å². The number of nitrogens with one attached hydrogen (secondary N) is 2. The summed E-state index contributed by atoms with van der Waals surface area (Å²) >= 11 is 6.00. The third kappa shape index (κ3) is 6.47. The highest BCUT2D eigenvalue weighted by molar-refractivity contribution is 6.30. The van der Waals surface area contributed by atoms with E-state index in [1.54, 1.807) is 0 Å². The number of guanidine groups is 1. The number of nitrogens with zero attached hydrogens (tertiary/aromatic N) is 4. The lowest BCUT2D eigenvalue weighted by atomic mass is 10.0. The molecule has 2 aromatic rings. The third-order valence-electron chi connectivity index (χ3n) is 6.02. The molecule has 0 amide bonds. The first-order valence-electron chi connectivity index (χ1n) is 11.6. The first-order valence-corrected chi connectivity index (χ1v) is 12.0. The molecule has 1 aromatic heterocycles. The van der Waals surface area contributed by atoms with E-state index < -0.39 is 0 Å². The monoisotopic (exact) mass is 444 g/mol. The molecule has 170 valence electrons. The molecule has 7 heteroatoms. The van der Waals surface area contributed by atoms with Crippen molar-refractivity contribution in [3.63, 3.8) is 0 Å². The Morgan fingerprint density at radius 3 is 2.45 bits per heavy atom. The Morgan fingerprint density at radius 2 is 1.84 bits per heavy atom. The highest BCUT2D eigenvalue weighted by Crippen LogP contribution is 2.18. The summed E-state index contributed by atoms with van der Waals surface area (Å²) in [5.74, 6) is 0.909. The van der Waals surface area contributed by atoms with Crippen LogP contribution in [0.1, 0.15) is 56.1 Å². The zero-order valence-electron chi connectivity index (χ0n) is 19.4. The van der Waals surface area contributed by atoms with Gasteiger partial charge in [-0.1, -0.05) is 37.6 Å². The lowest BCUT2D eigenvalue weighted by molar-refractivity contribution is 0.198. The number of hydrogen-bond acceptors (Lipinski definition) is 3. The summed E-state index contributed by atoms with van der Waals surface area (Å²) in [4.78, 5) is 7.43. The van der Waals surface area contributed by atoms with Crippen molar-refractivity contribution in [3.05, 3.63) is 51.8 Å². The van der Waals surface area contributed by atoms with E-state index in [1.807, 2.05) is 23.9 Å². The van der Waals surface area contributed by atoms with E-state index in [1.165, 1.54) is 16.8 Å². The second kappa shape index (κ2) is 11.5. The van der Waals surface area contributed by atoms with Crippen molar-refractivity contribution in [2.24, 2.45) is 12.0 Å². The molecule has 2 N–H and O–H groups in total. The minimum Gasteiger partial charge on any atom is -0.357 e. The zero-order chi connectivity index (χ0) is 22.2. The van der Waals surface area contributed by atoms with E-state index in [2.05, 4.69) is 53.5 Å². The lowest BCUT2D eigenvalue weighted by Gasteiger charge is -2.33. The lowest BCUT2D eigenvalue weighted by Crippen LogP contribution is -2.48. The van der Waals surface area contributed by atoms with Crippen molar-refractivity contribution >= 4 is 17.6 Å². The molecule has 3 rings (SSSR count). The van der Waals surface area contributed by atoms with Crippen LogP contribution in [-0.2, 0) is 33.0 Å². The molecular weight excluding hydrogens is 408 g/mol. The molecule has 0 unspecified atom stereocenters. The van der Waals surface area contributed by atoms with Gasteiger partial charge in [-0.2, -0.15) is 5.10 Å². The molecule has 1 aromatic carbocycles. The van der Waals surface area contributed by atoms with Gasteiger partial charge in [0, 0.05) is 55.5 Å². The van der Waals surface area contributed by atoms with Crippen molar-refractivity contribution in [2.45, 2.75) is 65.6 Å². The van der Waals surface area contributed by atoms with Gasteiger partial charge in [0.15, 0.2) is 5.96 Å². The summed E-state index contributed by atoms with van der Waals surface area (Å²) in [6.07, 6.45) is 4.15. The Labute approximate surface area is 192 Å². The molecule has 2 heterocycles. The molecule has 0 aliphatic carbocycles. The number of halogens is 1. The van der Waals surface area contributed by atoms with Gasteiger partial charge in [-0.25, -0.2) is 4.99 Å². The van der Waals surface area contributed by atoms with Gasteiger partial charge in [-0.3, -0.25) is 9.58 Å². The molecule has 0 bridgehead atoms. The molecule has 31 heavy (non-hydrogen) atoms. The Morgan fingerprint density at radius 1 is 1.13 bits per heavy atom. The summed E-state index contributed by atoms with van der Waals surface area (Å²) in [5.41, 5.74) is 5.05. The summed E-state index contributed by atoms with van der Waals surface area (Å²) < 4.78 is 2.01. The number of rotatable bonds is 8. The topological polar surface area (TPSA) is 57.5 Å². The van der Waals surface area contributed by atoms with Crippen LogP contribution in [0.4, 0.5) is 0 Å². The fourth-order valence-corrected chi connectivity index (χ4v) is 4.45. The predicted molar refractivity (Wildman–Crippen MR) is 130 cm³/mol. The normalized spacial score (nSPS) is 16.0. The zero-order valence-corrected chi connectivity index (χ0v) is 20.2.